The van der Waals surface area contributed by atoms with E-state index in [2.05, 4.69) is 4.98 Å². The minimum Gasteiger partial charge on any atom is -0.399 e. The molecule has 0 unspecified atom stereocenters. The third kappa shape index (κ3) is 3.52. The number of rotatable bonds is 4. The van der Waals surface area contributed by atoms with Gasteiger partial charge in [0.2, 0.25) is 0 Å². The lowest BCUT2D eigenvalue weighted by molar-refractivity contribution is 0.104. The first-order valence-corrected chi connectivity index (χ1v) is 7.31. The van der Waals surface area contributed by atoms with E-state index in [-0.39, 0.29) is 5.78 Å². The number of hydrogen-bond donors (Lipinski definition) is 1. The Bertz CT molecular complexity index is 837. The Morgan fingerprint density at radius 3 is 2.48 bits per heavy atom. The van der Waals surface area contributed by atoms with Crippen molar-refractivity contribution in [2.24, 2.45) is 0 Å². The molecule has 0 saturated carbocycles. The summed E-state index contributed by atoms with van der Waals surface area (Å²) in [5.41, 5.74) is 9.95. The van der Waals surface area contributed by atoms with E-state index in [9.17, 15) is 4.79 Å². The molecule has 0 aliphatic carbocycles. The Balaban J connectivity index is 1.88. The van der Waals surface area contributed by atoms with Gasteiger partial charge in [0, 0.05) is 29.2 Å². The number of carbonyl (C=O) groups excluding carboxylic acids is 1. The predicted molar refractivity (Wildman–Crippen MR) is 93.9 cm³/mol. The first-order valence-electron chi connectivity index (χ1n) is 7.31. The summed E-state index contributed by atoms with van der Waals surface area (Å²) in [5.74, 6) is -0.0500. The molecule has 2 aromatic carbocycles. The Labute approximate surface area is 135 Å². The largest absolute Gasteiger partial charge is 0.399 e. The lowest BCUT2D eigenvalue weighted by Gasteiger charge is -2.05. The molecule has 3 heteroatoms. The van der Waals surface area contributed by atoms with Gasteiger partial charge >= 0.3 is 0 Å². The summed E-state index contributed by atoms with van der Waals surface area (Å²) in [6, 6.07) is 18.7. The van der Waals surface area contributed by atoms with Crippen LogP contribution in [0.4, 0.5) is 5.69 Å². The molecule has 0 spiro atoms. The van der Waals surface area contributed by atoms with E-state index in [0.29, 0.717) is 11.3 Å². The molecule has 112 valence electrons. The summed E-state index contributed by atoms with van der Waals surface area (Å²) in [4.78, 5) is 16.4. The van der Waals surface area contributed by atoms with E-state index in [1.807, 2.05) is 48.7 Å². The zero-order chi connectivity index (χ0) is 16.1. The molecule has 0 fully saturated rings. The van der Waals surface area contributed by atoms with Crippen LogP contribution in [0.15, 0.2) is 79.1 Å². The van der Waals surface area contributed by atoms with Crippen LogP contribution in [0.25, 0.3) is 17.2 Å². The van der Waals surface area contributed by atoms with Gasteiger partial charge in [-0.15, -0.1) is 0 Å². The third-order valence-electron chi connectivity index (χ3n) is 3.54. The van der Waals surface area contributed by atoms with Crippen molar-refractivity contribution in [3.05, 3.63) is 90.3 Å². The van der Waals surface area contributed by atoms with E-state index in [1.165, 1.54) is 0 Å². The van der Waals surface area contributed by atoms with Gasteiger partial charge in [-0.05, 0) is 47.5 Å². The Hall–Kier alpha value is -3.20. The van der Waals surface area contributed by atoms with Crippen LogP contribution >= 0.6 is 0 Å². The standard InChI is InChI=1S/C20H16N2O/c21-18-10-7-16(8-11-18)20(23)12-9-15-4-1-2-6-19(15)17-5-3-13-22-14-17/h1-14H,21H2. The predicted octanol–water partition coefficient (Wildman–Crippen LogP) is 4.23. The van der Waals surface area contributed by atoms with Crippen LogP contribution in [0.5, 0.6) is 0 Å². The second-order valence-corrected chi connectivity index (χ2v) is 5.15. The molecule has 0 radical (unpaired) electrons. The maximum Gasteiger partial charge on any atom is 0.185 e. The number of hydrogen-bond acceptors (Lipinski definition) is 3. The molecule has 2 N–H and O–H groups in total. The van der Waals surface area contributed by atoms with E-state index < -0.39 is 0 Å². The number of nitrogens with zero attached hydrogens (tertiary/aromatic N) is 1. The van der Waals surface area contributed by atoms with Crippen LogP contribution in [-0.4, -0.2) is 10.8 Å². The molecule has 3 aromatic rings. The molecule has 0 amide bonds. The molecule has 1 aromatic heterocycles. The van der Waals surface area contributed by atoms with Crippen LogP contribution in [0, 0.1) is 0 Å². The summed E-state index contributed by atoms with van der Waals surface area (Å²) < 4.78 is 0. The Kier molecular flexibility index (Phi) is 4.29. The minimum atomic E-state index is -0.0500. The first kappa shape index (κ1) is 14.7. The molecular weight excluding hydrogens is 284 g/mol. The average Bonchev–Trinajstić information content (AvgIpc) is 2.61. The molecule has 0 bridgehead atoms. The van der Waals surface area contributed by atoms with Crippen LogP contribution in [-0.2, 0) is 0 Å². The number of nitrogens with two attached hydrogens (primary N) is 1. The van der Waals surface area contributed by atoms with Crippen molar-refractivity contribution < 1.29 is 4.79 Å². The molecule has 3 nitrogen and oxygen atoms in total. The van der Waals surface area contributed by atoms with Gasteiger partial charge in [-0.1, -0.05) is 36.4 Å². The third-order valence-corrected chi connectivity index (χ3v) is 3.54. The van der Waals surface area contributed by atoms with Crippen LogP contribution in [0.1, 0.15) is 15.9 Å². The monoisotopic (exact) mass is 300 g/mol. The summed E-state index contributed by atoms with van der Waals surface area (Å²) in [5, 5.41) is 0. The van der Waals surface area contributed by atoms with Crippen molar-refractivity contribution >= 4 is 17.5 Å². The number of allylic oxidation sites excluding steroid dienone is 1. The van der Waals surface area contributed by atoms with Crippen molar-refractivity contribution in [1.29, 1.82) is 0 Å². The van der Waals surface area contributed by atoms with E-state index >= 15 is 0 Å². The minimum absolute atomic E-state index is 0.0500. The topological polar surface area (TPSA) is 56.0 Å². The van der Waals surface area contributed by atoms with Gasteiger partial charge in [-0.2, -0.15) is 0 Å². The van der Waals surface area contributed by atoms with Crippen LogP contribution < -0.4 is 5.73 Å². The molecule has 1 heterocycles. The van der Waals surface area contributed by atoms with E-state index in [0.717, 1.165) is 16.7 Å². The number of carbonyl (C=O) groups is 1. The molecule has 0 aliphatic heterocycles. The molecule has 0 aliphatic rings. The second kappa shape index (κ2) is 6.71. The molecule has 0 atom stereocenters. The Morgan fingerprint density at radius 1 is 0.957 bits per heavy atom. The number of nitrogen functional groups attached to an aromatic ring is 1. The quantitative estimate of drug-likeness (QED) is 0.446. The van der Waals surface area contributed by atoms with Crippen LogP contribution in [0.3, 0.4) is 0 Å². The van der Waals surface area contributed by atoms with Crippen molar-refractivity contribution in [2.75, 3.05) is 5.73 Å². The zero-order valence-electron chi connectivity index (χ0n) is 12.5. The maximum absolute atomic E-state index is 12.2. The Morgan fingerprint density at radius 2 is 1.74 bits per heavy atom. The molecular formula is C20H16N2O. The van der Waals surface area contributed by atoms with E-state index in [4.69, 9.17) is 5.73 Å². The molecule has 3 rings (SSSR count). The van der Waals surface area contributed by atoms with Gasteiger partial charge in [-0.3, -0.25) is 9.78 Å². The normalized spacial score (nSPS) is 10.8. The summed E-state index contributed by atoms with van der Waals surface area (Å²) in [7, 11) is 0. The maximum atomic E-state index is 12.2. The summed E-state index contributed by atoms with van der Waals surface area (Å²) in [6.45, 7) is 0. The first-order chi connectivity index (χ1) is 11.2. The van der Waals surface area contributed by atoms with Gasteiger partial charge in [0.25, 0.3) is 0 Å². The van der Waals surface area contributed by atoms with Gasteiger partial charge < -0.3 is 5.73 Å². The van der Waals surface area contributed by atoms with Gasteiger partial charge in [0.15, 0.2) is 5.78 Å². The van der Waals surface area contributed by atoms with Gasteiger partial charge in [0.1, 0.15) is 0 Å². The summed E-state index contributed by atoms with van der Waals surface area (Å²) >= 11 is 0. The highest BCUT2D eigenvalue weighted by Crippen LogP contribution is 2.23. The summed E-state index contributed by atoms with van der Waals surface area (Å²) in [6.07, 6.45) is 6.98. The molecule has 23 heavy (non-hydrogen) atoms. The number of anilines is 1. The number of ketones is 1. The van der Waals surface area contributed by atoms with Crippen molar-refractivity contribution in [2.45, 2.75) is 0 Å². The van der Waals surface area contributed by atoms with Crippen molar-refractivity contribution in [3.63, 3.8) is 0 Å². The smallest absolute Gasteiger partial charge is 0.185 e. The number of benzene rings is 2. The zero-order valence-corrected chi connectivity index (χ0v) is 12.5. The fourth-order valence-corrected chi connectivity index (χ4v) is 2.34. The molecule has 0 saturated heterocycles. The highest BCUT2D eigenvalue weighted by Gasteiger charge is 2.04. The van der Waals surface area contributed by atoms with Crippen molar-refractivity contribution in [1.82, 2.24) is 4.98 Å². The van der Waals surface area contributed by atoms with Gasteiger partial charge in [-0.25, -0.2) is 0 Å². The highest BCUT2D eigenvalue weighted by molar-refractivity contribution is 6.07. The number of pyridine rings is 1. The van der Waals surface area contributed by atoms with Crippen molar-refractivity contribution in [3.8, 4) is 11.1 Å². The SMILES string of the molecule is Nc1ccc(C(=O)C=Cc2ccccc2-c2cccnc2)cc1. The fourth-order valence-electron chi connectivity index (χ4n) is 2.34. The van der Waals surface area contributed by atoms with E-state index in [1.54, 1.807) is 36.5 Å². The lowest BCUT2D eigenvalue weighted by atomic mass is 10.00. The highest BCUT2D eigenvalue weighted by atomic mass is 16.1. The van der Waals surface area contributed by atoms with Crippen LogP contribution in [0.2, 0.25) is 0 Å². The van der Waals surface area contributed by atoms with Gasteiger partial charge in [0.05, 0.1) is 0 Å². The second-order valence-electron chi connectivity index (χ2n) is 5.15. The lowest BCUT2D eigenvalue weighted by Crippen LogP contribution is -1.95. The average molecular weight is 300 g/mol. The fraction of sp³-hybridized carbons (Fsp3) is 0. The number of aromatic nitrogens is 1.